The van der Waals surface area contributed by atoms with E-state index in [2.05, 4.69) is 27.7 Å². The van der Waals surface area contributed by atoms with E-state index in [1.165, 1.54) is 180 Å². The molecule has 0 rings (SSSR count). The molecule has 0 radical (unpaired) electrons. The molecule has 0 aromatic heterocycles. The number of hydrogen-bond acceptors (Lipinski definition) is 6. The Labute approximate surface area is 355 Å². The van der Waals surface area contributed by atoms with Crippen LogP contribution in [0, 0.1) is 5.92 Å². The molecule has 0 aliphatic heterocycles. The minimum Gasteiger partial charge on any atom is -0.462 e. The van der Waals surface area contributed by atoms with Gasteiger partial charge in [0.1, 0.15) is 13.2 Å². The van der Waals surface area contributed by atoms with E-state index in [1.54, 1.807) is 0 Å². The van der Waals surface area contributed by atoms with Gasteiger partial charge in [-0.3, -0.25) is 14.4 Å². The molecule has 338 valence electrons. The standard InChI is InChI=1S/C51H98O6/c1-5-7-9-11-13-15-17-18-19-23-27-31-35-39-43-50(53)56-46-48(45-55-49(52)42-38-34-30-26-21-16-14-12-10-8-6-2)57-51(54)44-40-36-32-28-24-20-22-25-29-33-37-41-47(3)4/h47-48H,5-46H2,1-4H3/t48-/m0/s1. The highest BCUT2D eigenvalue weighted by molar-refractivity contribution is 5.71. The van der Waals surface area contributed by atoms with Crippen molar-refractivity contribution in [3.8, 4) is 0 Å². The van der Waals surface area contributed by atoms with Crippen molar-refractivity contribution < 1.29 is 28.6 Å². The highest BCUT2D eigenvalue weighted by Gasteiger charge is 2.19. The molecule has 0 N–H and O–H groups in total. The number of ether oxygens (including phenoxy) is 3. The van der Waals surface area contributed by atoms with Crippen LogP contribution in [0.4, 0.5) is 0 Å². The number of carbonyl (C=O) groups excluding carboxylic acids is 3. The predicted molar refractivity (Wildman–Crippen MR) is 243 cm³/mol. The largest absolute Gasteiger partial charge is 0.462 e. The summed E-state index contributed by atoms with van der Waals surface area (Å²) in [7, 11) is 0. The van der Waals surface area contributed by atoms with Crippen LogP contribution in [0.5, 0.6) is 0 Å². The number of hydrogen-bond donors (Lipinski definition) is 0. The lowest BCUT2D eigenvalue weighted by atomic mass is 10.0. The van der Waals surface area contributed by atoms with Gasteiger partial charge in [-0.1, -0.05) is 246 Å². The van der Waals surface area contributed by atoms with E-state index in [9.17, 15) is 14.4 Å². The van der Waals surface area contributed by atoms with Crippen LogP contribution in [-0.4, -0.2) is 37.2 Å². The summed E-state index contributed by atoms with van der Waals surface area (Å²) in [5.41, 5.74) is 0. The minimum atomic E-state index is -0.760. The lowest BCUT2D eigenvalue weighted by Crippen LogP contribution is -2.30. The Morgan fingerprint density at radius 3 is 0.860 bits per heavy atom. The lowest BCUT2D eigenvalue weighted by molar-refractivity contribution is -0.167. The fourth-order valence-electron chi connectivity index (χ4n) is 7.69. The summed E-state index contributed by atoms with van der Waals surface area (Å²) in [6.07, 6.45) is 46.5. The van der Waals surface area contributed by atoms with E-state index in [4.69, 9.17) is 14.2 Å². The predicted octanol–water partition coefficient (Wildman–Crippen LogP) is 16.3. The average Bonchev–Trinajstić information content (AvgIpc) is 3.19. The van der Waals surface area contributed by atoms with E-state index in [0.717, 1.165) is 63.7 Å². The van der Waals surface area contributed by atoms with Gasteiger partial charge in [-0.05, 0) is 25.2 Å². The van der Waals surface area contributed by atoms with Gasteiger partial charge in [0.05, 0.1) is 0 Å². The van der Waals surface area contributed by atoms with Crippen LogP contribution in [0.3, 0.4) is 0 Å². The molecule has 6 heteroatoms. The molecule has 1 atom stereocenters. The molecular weight excluding hydrogens is 709 g/mol. The second-order valence-electron chi connectivity index (χ2n) is 17.9. The Hall–Kier alpha value is -1.59. The fraction of sp³-hybridized carbons (Fsp3) is 0.941. The Bertz CT molecular complexity index is 857. The second kappa shape index (κ2) is 45.5. The summed E-state index contributed by atoms with van der Waals surface area (Å²) in [6.45, 7) is 9.01. The molecule has 6 nitrogen and oxygen atoms in total. The normalized spacial score (nSPS) is 11.9. The van der Waals surface area contributed by atoms with Crippen molar-refractivity contribution in [1.29, 1.82) is 0 Å². The van der Waals surface area contributed by atoms with Crippen LogP contribution in [-0.2, 0) is 28.6 Å². The van der Waals surface area contributed by atoms with Crippen LogP contribution in [0.2, 0.25) is 0 Å². The first kappa shape index (κ1) is 55.4. The molecule has 0 saturated heterocycles. The van der Waals surface area contributed by atoms with Gasteiger partial charge in [-0.15, -0.1) is 0 Å². The van der Waals surface area contributed by atoms with Crippen molar-refractivity contribution in [3.05, 3.63) is 0 Å². The second-order valence-corrected chi connectivity index (χ2v) is 17.9. The maximum Gasteiger partial charge on any atom is 0.306 e. The van der Waals surface area contributed by atoms with Crippen molar-refractivity contribution in [2.24, 2.45) is 5.92 Å². The first-order chi connectivity index (χ1) is 27.9. The molecular formula is C51H98O6. The maximum absolute atomic E-state index is 12.8. The molecule has 0 aliphatic rings. The van der Waals surface area contributed by atoms with Gasteiger partial charge in [-0.2, -0.15) is 0 Å². The molecule has 57 heavy (non-hydrogen) atoms. The molecule has 0 aromatic carbocycles. The highest BCUT2D eigenvalue weighted by Crippen LogP contribution is 2.17. The maximum atomic E-state index is 12.8. The summed E-state index contributed by atoms with van der Waals surface area (Å²) in [4.78, 5) is 37.9. The van der Waals surface area contributed by atoms with Gasteiger partial charge in [0.15, 0.2) is 6.10 Å². The molecule has 0 spiro atoms. The van der Waals surface area contributed by atoms with E-state index >= 15 is 0 Å². The van der Waals surface area contributed by atoms with Crippen molar-refractivity contribution in [2.45, 2.75) is 291 Å². The summed E-state index contributed by atoms with van der Waals surface area (Å²) in [5.74, 6) is -0.0213. The highest BCUT2D eigenvalue weighted by atomic mass is 16.6. The minimum absolute atomic E-state index is 0.0629. The summed E-state index contributed by atoms with van der Waals surface area (Å²) in [5, 5.41) is 0. The number of carbonyl (C=O) groups is 3. The quantitative estimate of drug-likeness (QED) is 0.0346. The monoisotopic (exact) mass is 807 g/mol. The SMILES string of the molecule is CCCCCCCCCCCCCCCCC(=O)OC[C@H](COC(=O)CCCCCCCCCCCCC)OC(=O)CCCCCCCCCCCCCC(C)C. The Balaban J connectivity index is 4.31. The van der Waals surface area contributed by atoms with Gasteiger partial charge in [0, 0.05) is 19.3 Å². The van der Waals surface area contributed by atoms with Gasteiger partial charge in [-0.25, -0.2) is 0 Å². The summed E-state index contributed by atoms with van der Waals surface area (Å²) in [6, 6.07) is 0. The van der Waals surface area contributed by atoms with E-state index in [0.29, 0.717) is 19.3 Å². The molecule has 0 amide bonds. The zero-order valence-electron chi connectivity index (χ0n) is 38.8. The van der Waals surface area contributed by atoms with Crippen LogP contribution in [0.25, 0.3) is 0 Å². The van der Waals surface area contributed by atoms with Gasteiger partial charge in [0.2, 0.25) is 0 Å². The molecule has 0 heterocycles. The molecule has 0 aromatic rings. The number of unbranched alkanes of at least 4 members (excludes halogenated alkanes) is 33. The Kier molecular flexibility index (Phi) is 44.2. The Morgan fingerprint density at radius 1 is 0.333 bits per heavy atom. The van der Waals surface area contributed by atoms with Crippen molar-refractivity contribution in [2.75, 3.05) is 13.2 Å². The van der Waals surface area contributed by atoms with Crippen molar-refractivity contribution in [3.63, 3.8) is 0 Å². The lowest BCUT2D eigenvalue weighted by Gasteiger charge is -2.18. The third-order valence-corrected chi connectivity index (χ3v) is 11.5. The van der Waals surface area contributed by atoms with E-state index in [-0.39, 0.29) is 31.1 Å². The molecule has 0 aliphatic carbocycles. The topological polar surface area (TPSA) is 78.9 Å². The summed E-state index contributed by atoms with van der Waals surface area (Å²) >= 11 is 0. The van der Waals surface area contributed by atoms with Crippen LogP contribution in [0.1, 0.15) is 285 Å². The van der Waals surface area contributed by atoms with Crippen LogP contribution in [0.15, 0.2) is 0 Å². The smallest absolute Gasteiger partial charge is 0.306 e. The fourth-order valence-corrected chi connectivity index (χ4v) is 7.69. The van der Waals surface area contributed by atoms with Crippen molar-refractivity contribution >= 4 is 17.9 Å². The van der Waals surface area contributed by atoms with Crippen LogP contribution >= 0.6 is 0 Å². The van der Waals surface area contributed by atoms with Crippen molar-refractivity contribution in [1.82, 2.24) is 0 Å². The zero-order chi connectivity index (χ0) is 41.7. The van der Waals surface area contributed by atoms with E-state index in [1.807, 2.05) is 0 Å². The first-order valence-corrected chi connectivity index (χ1v) is 25.4. The molecule has 0 fully saturated rings. The number of rotatable bonds is 46. The van der Waals surface area contributed by atoms with Gasteiger partial charge < -0.3 is 14.2 Å². The Morgan fingerprint density at radius 2 is 0.579 bits per heavy atom. The average molecular weight is 807 g/mol. The molecule has 0 saturated carbocycles. The van der Waals surface area contributed by atoms with Gasteiger partial charge in [0.25, 0.3) is 0 Å². The number of esters is 3. The molecule has 0 bridgehead atoms. The first-order valence-electron chi connectivity index (χ1n) is 25.4. The van der Waals surface area contributed by atoms with Crippen LogP contribution < -0.4 is 0 Å². The summed E-state index contributed by atoms with van der Waals surface area (Å²) < 4.78 is 16.8. The third-order valence-electron chi connectivity index (χ3n) is 11.5. The zero-order valence-corrected chi connectivity index (χ0v) is 38.8. The van der Waals surface area contributed by atoms with Gasteiger partial charge >= 0.3 is 17.9 Å². The third kappa shape index (κ3) is 45.3. The van der Waals surface area contributed by atoms with E-state index < -0.39 is 6.10 Å². The molecule has 0 unspecified atom stereocenters.